The minimum absolute atomic E-state index is 0.473. The van der Waals surface area contributed by atoms with Crippen LogP contribution in [0.3, 0.4) is 0 Å². The number of carboxylic acids is 1. The topological polar surface area (TPSA) is 59.0 Å². The lowest BCUT2D eigenvalue weighted by Gasteiger charge is -2.30. The van der Waals surface area contributed by atoms with Gasteiger partial charge in [-0.25, -0.2) is 4.79 Å². The summed E-state index contributed by atoms with van der Waals surface area (Å²) >= 11 is 0. The first-order valence-electron chi connectivity index (χ1n) is 11.1. The maximum atomic E-state index is 11.7. The average Bonchev–Trinajstić information content (AvgIpc) is 2.74. The second-order valence-electron chi connectivity index (χ2n) is 8.26. The van der Waals surface area contributed by atoms with E-state index in [0.717, 1.165) is 47.6 Å². The van der Waals surface area contributed by atoms with Crippen molar-refractivity contribution in [1.29, 1.82) is 0 Å². The molecule has 0 spiro atoms. The molecule has 3 rings (SSSR count). The van der Waals surface area contributed by atoms with Crippen molar-refractivity contribution in [2.24, 2.45) is 5.92 Å². The monoisotopic (exact) mass is 423 g/mol. The summed E-state index contributed by atoms with van der Waals surface area (Å²) in [6, 6.07) is 14.3. The van der Waals surface area contributed by atoms with Crippen LogP contribution in [0.1, 0.15) is 39.2 Å². The Labute approximate surface area is 185 Å². The van der Waals surface area contributed by atoms with Gasteiger partial charge >= 0.3 is 5.97 Å². The van der Waals surface area contributed by atoms with Gasteiger partial charge in [0.05, 0.1) is 6.61 Å². The predicted octanol–water partition coefficient (Wildman–Crippen LogP) is 5.49. The molecule has 0 saturated heterocycles. The molecule has 5 heteroatoms. The van der Waals surface area contributed by atoms with Crippen LogP contribution in [0, 0.1) is 5.92 Å². The maximum absolute atomic E-state index is 11.7. The van der Waals surface area contributed by atoms with Crippen molar-refractivity contribution in [2.75, 3.05) is 37.8 Å². The van der Waals surface area contributed by atoms with Gasteiger partial charge in [-0.1, -0.05) is 32.0 Å². The molecule has 2 aromatic rings. The Bertz CT molecular complexity index is 902. The van der Waals surface area contributed by atoms with Crippen molar-refractivity contribution < 1.29 is 19.4 Å². The van der Waals surface area contributed by atoms with Gasteiger partial charge in [-0.2, -0.15) is 0 Å². The van der Waals surface area contributed by atoms with Crippen molar-refractivity contribution in [3.05, 3.63) is 53.6 Å². The standard InChI is InChI=1S/C26H33NO4/c1-4-30-14-15-31-24-10-7-20(8-11-24)21-9-12-25-23(16-21)17-22(26(28)29)6-5-13-27(25)18-19(2)3/h7-12,16-17,19H,4-6,13-15,18H2,1-3H3,(H,28,29)/b22-17+. The second kappa shape index (κ2) is 11.0. The summed E-state index contributed by atoms with van der Waals surface area (Å²) in [5.41, 5.74) is 4.67. The number of nitrogens with zero attached hydrogens (tertiary/aromatic N) is 1. The fraction of sp³-hybridized carbons (Fsp3) is 0.423. The number of benzene rings is 2. The number of carboxylic acid groups (broad SMARTS) is 1. The highest BCUT2D eigenvalue weighted by atomic mass is 16.5. The highest BCUT2D eigenvalue weighted by molar-refractivity contribution is 5.94. The molecule has 0 unspecified atom stereocenters. The molecule has 0 fully saturated rings. The molecule has 0 radical (unpaired) electrons. The molecule has 166 valence electrons. The van der Waals surface area contributed by atoms with E-state index < -0.39 is 5.97 Å². The molecule has 1 aliphatic rings. The molecular weight excluding hydrogens is 390 g/mol. The van der Waals surface area contributed by atoms with E-state index in [4.69, 9.17) is 9.47 Å². The summed E-state index contributed by atoms with van der Waals surface area (Å²) in [7, 11) is 0. The van der Waals surface area contributed by atoms with Gasteiger partial charge in [-0.15, -0.1) is 0 Å². The normalized spacial score (nSPS) is 15.6. The predicted molar refractivity (Wildman–Crippen MR) is 126 cm³/mol. The van der Waals surface area contributed by atoms with Crippen LogP contribution in [-0.4, -0.2) is 44.0 Å². The van der Waals surface area contributed by atoms with Crippen molar-refractivity contribution in [3.63, 3.8) is 0 Å². The Morgan fingerprint density at radius 1 is 1.10 bits per heavy atom. The van der Waals surface area contributed by atoms with Gasteiger partial charge in [0.1, 0.15) is 12.4 Å². The maximum Gasteiger partial charge on any atom is 0.331 e. The zero-order chi connectivity index (χ0) is 22.2. The van der Waals surface area contributed by atoms with Crippen molar-refractivity contribution >= 4 is 17.7 Å². The number of aliphatic carboxylic acids is 1. The summed E-state index contributed by atoms with van der Waals surface area (Å²) in [4.78, 5) is 14.1. The average molecular weight is 424 g/mol. The van der Waals surface area contributed by atoms with E-state index in [1.54, 1.807) is 0 Å². The summed E-state index contributed by atoms with van der Waals surface area (Å²) in [5, 5.41) is 9.61. The van der Waals surface area contributed by atoms with E-state index in [2.05, 4.69) is 36.9 Å². The van der Waals surface area contributed by atoms with Crippen LogP contribution >= 0.6 is 0 Å². The number of anilines is 1. The van der Waals surface area contributed by atoms with Crippen molar-refractivity contribution in [1.82, 2.24) is 0 Å². The molecule has 0 bridgehead atoms. The van der Waals surface area contributed by atoms with Gasteiger partial charge in [0.2, 0.25) is 0 Å². The third kappa shape index (κ3) is 6.34. The molecule has 1 heterocycles. The van der Waals surface area contributed by atoms with Crippen LogP contribution in [0.2, 0.25) is 0 Å². The molecule has 2 aromatic carbocycles. The lowest BCUT2D eigenvalue weighted by atomic mass is 9.96. The first kappa shape index (κ1) is 22.9. The summed E-state index contributed by atoms with van der Waals surface area (Å²) in [6.45, 7) is 10.0. The number of carbonyl (C=O) groups is 1. The zero-order valence-corrected chi connectivity index (χ0v) is 18.8. The minimum Gasteiger partial charge on any atom is -0.491 e. The molecule has 0 atom stereocenters. The fourth-order valence-electron chi connectivity index (χ4n) is 3.88. The van der Waals surface area contributed by atoms with Crippen molar-refractivity contribution in [2.45, 2.75) is 33.6 Å². The van der Waals surface area contributed by atoms with E-state index in [1.807, 2.05) is 37.3 Å². The minimum atomic E-state index is -0.831. The molecule has 31 heavy (non-hydrogen) atoms. The van der Waals surface area contributed by atoms with Gasteiger partial charge in [0.15, 0.2) is 0 Å². The molecular formula is C26H33NO4. The summed E-state index contributed by atoms with van der Waals surface area (Å²) in [5.74, 6) is 0.512. The number of ether oxygens (including phenoxy) is 2. The number of rotatable bonds is 9. The molecule has 5 nitrogen and oxygen atoms in total. The lowest BCUT2D eigenvalue weighted by Crippen LogP contribution is -2.30. The Balaban J connectivity index is 1.88. The highest BCUT2D eigenvalue weighted by Gasteiger charge is 2.18. The van der Waals surface area contributed by atoms with E-state index in [-0.39, 0.29) is 0 Å². The second-order valence-corrected chi connectivity index (χ2v) is 8.26. The lowest BCUT2D eigenvalue weighted by molar-refractivity contribution is -0.132. The quantitative estimate of drug-likeness (QED) is 0.540. The van der Waals surface area contributed by atoms with Crippen LogP contribution in [0.25, 0.3) is 17.2 Å². The van der Waals surface area contributed by atoms with Gasteiger partial charge < -0.3 is 19.5 Å². The Hall–Kier alpha value is -2.79. The molecule has 0 amide bonds. The van der Waals surface area contributed by atoms with E-state index in [0.29, 0.717) is 37.7 Å². The Kier molecular flexibility index (Phi) is 8.13. The molecule has 0 aliphatic carbocycles. The van der Waals surface area contributed by atoms with E-state index >= 15 is 0 Å². The highest BCUT2D eigenvalue weighted by Crippen LogP contribution is 2.33. The van der Waals surface area contributed by atoms with E-state index in [9.17, 15) is 9.90 Å². The number of hydrogen-bond acceptors (Lipinski definition) is 4. The van der Waals surface area contributed by atoms with Crippen LogP contribution in [-0.2, 0) is 9.53 Å². The van der Waals surface area contributed by atoms with Crippen LogP contribution in [0.5, 0.6) is 5.75 Å². The zero-order valence-electron chi connectivity index (χ0n) is 18.8. The largest absolute Gasteiger partial charge is 0.491 e. The van der Waals surface area contributed by atoms with Crippen LogP contribution in [0.4, 0.5) is 5.69 Å². The summed E-state index contributed by atoms with van der Waals surface area (Å²) in [6.07, 6.45) is 3.27. The number of hydrogen-bond donors (Lipinski definition) is 1. The van der Waals surface area contributed by atoms with Gasteiger partial charge in [0, 0.05) is 31.0 Å². The van der Waals surface area contributed by atoms with E-state index in [1.165, 1.54) is 0 Å². The molecule has 0 aromatic heterocycles. The molecule has 0 saturated carbocycles. The SMILES string of the molecule is CCOCCOc1ccc(-c2ccc3c(c2)/C=C(/C(=O)O)CCCN3CC(C)C)cc1. The smallest absolute Gasteiger partial charge is 0.331 e. The Morgan fingerprint density at radius 2 is 1.84 bits per heavy atom. The third-order valence-electron chi connectivity index (χ3n) is 5.32. The summed E-state index contributed by atoms with van der Waals surface area (Å²) < 4.78 is 11.0. The first-order chi connectivity index (χ1) is 15.0. The van der Waals surface area contributed by atoms with Crippen LogP contribution < -0.4 is 9.64 Å². The third-order valence-corrected chi connectivity index (χ3v) is 5.32. The van der Waals surface area contributed by atoms with Gasteiger partial charge in [-0.3, -0.25) is 0 Å². The number of fused-ring (bicyclic) bond motifs is 1. The first-order valence-corrected chi connectivity index (χ1v) is 11.1. The van der Waals surface area contributed by atoms with Gasteiger partial charge in [-0.05, 0) is 72.7 Å². The fourth-order valence-corrected chi connectivity index (χ4v) is 3.88. The Morgan fingerprint density at radius 3 is 2.52 bits per heavy atom. The molecule has 1 N–H and O–H groups in total. The van der Waals surface area contributed by atoms with Crippen LogP contribution in [0.15, 0.2) is 48.0 Å². The van der Waals surface area contributed by atoms with Gasteiger partial charge in [0.25, 0.3) is 0 Å². The van der Waals surface area contributed by atoms with Crippen molar-refractivity contribution in [3.8, 4) is 16.9 Å². The molecule has 1 aliphatic heterocycles.